The van der Waals surface area contributed by atoms with E-state index < -0.39 is 10.0 Å². The van der Waals surface area contributed by atoms with Gasteiger partial charge in [0.15, 0.2) is 0 Å². The van der Waals surface area contributed by atoms with Crippen LogP contribution < -0.4 is 5.43 Å². The number of hydrogen-bond acceptors (Lipinski definition) is 5. The highest BCUT2D eigenvalue weighted by Crippen LogP contribution is 2.28. The summed E-state index contributed by atoms with van der Waals surface area (Å²) in [5.74, 6) is -0.303. The maximum absolute atomic E-state index is 13.5. The maximum Gasteiger partial charge on any atom is 0.281 e. The summed E-state index contributed by atoms with van der Waals surface area (Å²) in [5, 5.41) is 6.79. The number of amides is 1. The number of benzene rings is 2. The standard InChI is InChI=1S/C24H23N3O3S2/c1-4-18-8-10-19(11-9-18)32(29,30)27-15-21(20-12-7-16(2)14-22(20)27)17(3)25-26-24(28)23-6-5-13-31-23/h5-15H,4H2,1-3H3,(H,26,28)/b25-17+. The summed E-state index contributed by atoms with van der Waals surface area (Å²) in [6.45, 7) is 5.69. The second kappa shape index (κ2) is 8.72. The lowest BCUT2D eigenvalue weighted by Gasteiger charge is -2.08. The van der Waals surface area contributed by atoms with Crippen LogP contribution in [-0.2, 0) is 16.4 Å². The fourth-order valence-electron chi connectivity index (χ4n) is 3.46. The van der Waals surface area contributed by atoms with Crippen molar-refractivity contribution in [2.75, 3.05) is 0 Å². The number of nitrogens with zero attached hydrogens (tertiary/aromatic N) is 2. The largest absolute Gasteiger partial charge is 0.281 e. The van der Waals surface area contributed by atoms with E-state index in [9.17, 15) is 13.2 Å². The Morgan fingerprint density at radius 3 is 2.53 bits per heavy atom. The average molecular weight is 466 g/mol. The van der Waals surface area contributed by atoms with Gasteiger partial charge in [0.2, 0.25) is 0 Å². The van der Waals surface area contributed by atoms with Gasteiger partial charge in [-0.1, -0.05) is 37.3 Å². The molecule has 0 atom stereocenters. The Morgan fingerprint density at radius 1 is 1.12 bits per heavy atom. The molecular formula is C24H23N3O3S2. The van der Waals surface area contributed by atoms with Crippen LogP contribution in [-0.4, -0.2) is 24.0 Å². The Balaban J connectivity index is 1.78. The van der Waals surface area contributed by atoms with Crippen molar-refractivity contribution in [3.63, 3.8) is 0 Å². The highest BCUT2D eigenvalue weighted by Gasteiger charge is 2.22. The molecule has 2 aromatic heterocycles. The number of aromatic nitrogens is 1. The van der Waals surface area contributed by atoms with E-state index in [1.807, 2.05) is 49.6 Å². The van der Waals surface area contributed by atoms with E-state index in [2.05, 4.69) is 10.5 Å². The third kappa shape index (κ3) is 4.11. The van der Waals surface area contributed by atoms with Crippen LogP contribution in [0.15, 0.2) is 76.2 Å². The van der Waals surface area contributed by atoms with Gasteiger partial charge in [-0.05, 0) is 61.0 Å². The van der Waals surface area contributed by atoms with Crippen molar-refractivity contribution in [2.45, 2.75) is 32.1 Å². The van der Waals surface area contributed by atoms with Gasteiger partial charge in [-0.2, -0.15) is 5.10 Å². The summed E-state index contributed by atoms with van der Waals surface area (Å²) in [6.07, 6.45) is 2.41. The summed E-state index contributed by atoms with van der Waals surface area (Å²) < 4.78 is 28.2. The number of nitrogens with one attached hydrogen (secondary N) is 1. The Kier molecular flexibility index (Phi) is 5.99. The first kappa shape index (κ1) is 22.0. The van der Waals surface area contributed by atoms with Gasteiger partial charge in [0.25, 0.3) is 15.9 Å². The second-order valence-electron chi connectivity index (χ2n) is 7.48. The topological polar surface area (TPSA) is 80.5 Å². The molecule has 0 aliphatic heterocycles. The van der Waals surface area contributed by atoms with Crippen LogP contribution in [0.5, 0.6) is 0 Å². The number of fused-ring (bicyclic) bond motifs is 1. The molecular weight excluding hydrogens is 442 g/mol. The maximum atomic E-state index is 13.5. The van der Waals surface area contributed by atoms with E-state index in [1.54, 1.807) is 37.4 Å². The molecule has 0 saturated carbocycles. The van der Waals surface area contributed by atoms with Crippen LogP contribution >= 0.6 is 11.3 Å². The SMILES string of the molecule is CCc1ccc(S(=O)(=O)n2cc(/C(C)=N/NC(=O)c3cccs3)c3ccc(C)cc32)cc1. The molecule has 0 radical (unpaired) electrons. The summed E-state index contributed by atoms with van der Waals surface area (Å²) in [5.41, 5.74) is 6.29. The Hall–Kier alpha value is -3.23. The molecule has 0 bridgehead atoms. The molecule has 32 heavy (non-hydrogen) atoms. The molecule has 0 fully saturated rings. The van der Waals surface area contributed by atoms with Gasteiger partial charge in [-0.3, -0.25) is 4.79 Å². The van der Waals surface area contributed by atoms with Gasteiger partial charge in [-0.15, -0.1) is 11.3 Å². The number of thiophene rings is 1. The Labute approximate surface area is 191 Å². The number of rotatable bonds is 6. The van der Waals surface area contributed by atoms with Crippen molar-refractivity contribution in [2.24, 2.45) is 5.10 Å². The van der Waals surface area contributed by atoms with Gasteiger partial charge in [0.1, 0.15) is 0 Å². The quantitative estimate of drug-likeness (QED) is 0.323. The third-order valence-corrected chi connectivity index (χ3v) is 7.83. The molecule has 0 saturated heterocycles. The first-order chi connectivity index (χ1) is 15.3. The van der Waals surface area contributed by atoms with E-state index in [0.717, 1.165) is 22.9 Å². The monoisotopic (exact) mass is 465 g/mol. The Morgan fingerprint density at radius 2 is 1.88 bits per heavy atom. The molecule has 2 aromatic carbocycles. The lowest BCUT2D eigenvalue weighted by molar-refractivity contribution is 0.0959. The molecule has 0 spiro atoms. The average Bonchev–Trinajstić information content (AvgIpc) is 3.45. The van der Waals surface area contributed by atoms with Crippen LogP contribution in [0.4, 0.5) is 0 Å². The van der Waals surface area contributed by atoms with Crippen molar-refractivity contribution in [1.29, 1.82) is 0 Å². The highest BCUT2D eigenvalue weighted by atomic mass is 32.2. The lowest BCUT2D eigenvalue weighted by atomic mass is 10.1. The molecule has 0 unspecified atom stereocenters. The minimum Gasteiger partial charge on any atom is -0.266 e. The molecule has 4 aromatic rings. The molecule has 0 aliphatic carbocycles. The third-order valence-electron chi connectivity index (χ3n) is 5.28. The first-order valence-corrected chi connectivity index (χ1v) is 12.5. The number of aryl methyl sites for hydroxylation is 2. The molecule has 164 valence electrons. The zero-order valence-electron chi connectivity index (χ0n) is 18.0. The van der Waals surface area contributed by atoms with Crippen LogP contribution in [0.1, 0.15) is 40.2 Å². The minimum absolute atomic E-state index is 0.222. The molecule has 0 aliphatic rings. The number of hydrazone groups is 1. The van der Waals surface area contributed by atoms with E-state index in [0.29, 0.717) is 21.7 Å². The summed E-state index contributed by atoms with van der Waals surface area (Å²) in [7, 11) is -3.81. The molecule has 1 N–H and O–H groups in total. The summed E-state index contributed by atoms with van der Waals surface area (Å²) >= 11 is 1.33. The highest BCUT2D eigenvalue weighted by molar-refractivity contribution is 7.90. The predicted molar refractivity (Wildman–Crippen MR) is 129 cm³/mol. The van der Waals surface area contributed by atoms with Crippen molar-refractivity contribution in [1.82, 2.24) is 9.40 Å². The van der Waals surface area contributed by atoms with Crippen molar-refractivity contribution in [3.8, 4) is 0 Å². The van der Waals surface area contributed by atoms with Gasteiger partial charge in [0.05, 0.1) is 21.0 Å². The van der Waals surface area contributed by atoms with Crippen molar-refractivity contribution in [3.05, 3.63) is 87.7 Å². The lowest BCUT2D eigenvalue weighted by Crippen LogP contribution is -2.18. The van der Waals surface area contributed by atoms with Gasteiger partial charge in [-0.25, -0.2) is 17.8 Å². The predicted octanol–water partition coefficient (Wildman–Crippen LogP) is 4.96. The van der Waals surface area contributed by atoms with E-state index >= 15 is 0 Å². The summed E-state index contributed by atoms with van der Waals surface area (Å²) in [6, 6.07) is 16.1. The van der Waals surface area contributed by atoms with E-state index in [4.69, 9.17) is 0 Å². The second-order valence-corrected chi connectivity index (χ2v) is 10.2. The van der Waals surface area contributed by atoms with Gasteiger partial charge < -0.3 is 0 Å². The summed E-state index contributed by atoms with van der Waals surface area (Å²) in [4.78, 5) is 13.0. The smallest absolute Gasteiger partial charge is 0.266 e. The first-order valence-electron chi connectivity index (χ1n) is 10.2. The van der Waals surface area contributed by atoms with Gasteiger partial charge in [0, 0.05) is 17.1 Å². The molecule has 2 heterocycles. The molecule has 6 nitrogen and oxygen atoms in total. The van der Waals surface area contributed by atoms with Gasteiger partial charge >= 0.3 is 0 Å². The van der Waals surface area contributed by atoms with Crippen LogP contribution in [0.25, 0.3) is 10.9 Å². The van der Waals surface area contributed by atoms with Crippen LogP contribution in [0, 0.1) is 6.92 Å². The number of carbonyl (C=O) groups is 1. The van der Waals surface area contributed by atoms with E-state index in [1.165, 1.54) is 15.3 Å². The Bertz CT molecular complexity index is 1420. The fraction of sp³-hybridized carbons (Fsp3) is 0.167. The van der Waals surface area contributed by atoms with Crippen molar-refractivity contribution < 1.29 is 13.2 Å². The molecule has 4 rings (SSSR count). The van der Waals surface area contributed by atoms with Crippen molar-refractivity contribution >= 4 is 43.9 Å². The number of hydrogen-bond donors (Lipinski definition) is 1. The zero-order chi connectivity index (χ0) is 22.9. The fourth-order valence-corrected chi connectivity index (χ4v) is 5.44. The number of carbonyl (C=O) groups excluding carboxylic acids is 1. The van der Waals surface area contributed by atoms with Crippen LogP contribution in [0.3, 0.4) is 0 Å². The minimum atomic E-state index is -3.81. The zero-order valence-corrected chi connectivity index (χ0v) is 19.6. The van der Waals surface area contributed by atoms with Crippen LogP contribution in [0.2, 0.25) is 0 Å². The normalized spacial score (nSPS) is 12.3. The van der Waals surface area contributed by atoms with E-state index in [-0.39, 0.29) is 10.8 Å². The molecule has 8 heteroatoms. The molecule has 1 amide bonds.